The number of aryl methyl sites for hydroxylation is 1. The number of hydrogen-bond acceptors (Lipinski definition) is 7. The first kappa shape index (κ1) is 19.0. The number of phenols is 1. The molecular formula is C18H18N6O4. The molecule has 0 saturated carbocycles. The highest BCUT2D eigenvalue weighted by Gasteiger charge is 2.16. The molecule has 0 bridgehead atoms. The molecule has 0 fully saturated rings. The number of carbonyl (C=O) groups excluding carboxylic acids is 2. The second kappa shape index (κ2) is 8.27. The van der Waals surface area contributed by atoms with E-state index in [1.807, 2.05) is 0 Å². The number of aromatic nitrogens is 4. The Balaban J connectivity index is 1.58. The van der Waals surface area contributed by atoms with Crippen LogP contribution in [0.15, 0.2) is 48.5 Å². The predicted octanol–water partition coefficient (Wildman–Crippen LogP) is 0.465. The first-order chi connectivity index (χ1) is 13.4. The zero-order valence-electron chi connectivity index (χ0n) is 14.9. The molecule has 4 N–H and O–H groups in total. The Kier molecular flexibility index (Phi) is 5.61. The van der Waals surface area contributed by atoms with Crippen LogP contribution < -0.4 is 10.6 Å². The molecular weight excluding hydrogens is 364 g/mol. The van der Waals surface area contributed by atoms with Crippen LogP contribution in [-0.2, 0) is 9.59 Å². The third-order valence-electron chi connectivity index (χ3n) is 3.91. The van der Waals surface area contributed by atoms with Gasteiger partial charge in [0.25, 0.3) is 0 Å². The number of hydrogen-bond donors (Lipinski definition) is 4. The fourth-order valence-electron chi connectivity index (χ4n) is 2.46. The van der Waals surface area contributed by atoms with Crippen LogP contribution in [0.1, 0.15) is 17.5 Å². The maximum Gasteiger partial charge on any atom is 0.313 e. The van der Waals surface area contributed by atoms with E-state index in [0.29, 0.717) is 22.8 Å². The van der Waals surface area contributed by atoms with E-state index >= 15 is 0 Å². The van der Waals surface area contributed by atoms with Crippen molar-refractivity contribution in [3.8, 4) is 11.4 Å². The van der Waals surface area contributed by atoms with Gasteiger partial charge in [0.05, 0.1) is 11.8 Å². The number of tetrazole rings is 1. The summed E-state index contributed by atoms with van der Waals surface area (Å²) in [6.07, 6.45) is -1.01. The number of aromatic hydroxyl groups is 1. The van der Waals surface area contributed by atoms with Gasteiger partial charge < -0.3 is 20.8 Å². The number of amides is 2. The van der Waals surface area contributed by atoms with E-state index in [-0.39, 0.29) is 12.3 Å². The highest BCUT2D eigenvalue weighted by molar-refractivity contribution is 6.39. The van der Waals surface area contributed by atoms with E-state index in [4.69, 9.17) is 0 Å². The number of nitrogens with one attached hydrogen (secondary N) is 2. The molecule has 0 aliphatic rings. The van der Waals surface area contributed by atoms with Crippen LogP contribution in [0.3, 0.4) is 0 Å². The Morgan fingerprint density at radius 1 is 1.14 bits per heavy atom. The second-order valence-corrected chi connectivity index (χ2v) is 5.96. The van der Waals surface area contributed by atoms with Gasteiger partial charge in [0.1, 0.15) is 5.75 Å². The molecule has 2 amide bonds. The van der Waals surface area contributed by atoms with Gasteiger partial charge in [-0.05, 0) is 53.2 Å². The van der Waals surface area contributed by atoms with Crippen LogP contribution in [0.2, 0.25) is 0 Å². The van der Waals surface area contributed by atoms with Crippen molar-refractivity contribution in [3.05, 3.63) is 59.9 Å². The average Bonchev–Trinajstić information content (AvgIpc) is 3.12. The van der Waals surface area contributed by atoms with Gasteiger partial charge in [-0.15, -0.1) is 5.10 Å². The standard InChI is InChI=1S/C18H18N6O4/c1-11-21-22-23-24(11)14-4-2-3-13(9-14)20-18(28)17(27)19-10-16(26)12-5-7-15(25)8-6-12/h2-9,16,25-26H,10H2,1H3,(H,19,27)(H,20,28). The van der Waals surface area contributed by atoms with Crippen molar-refractivity contribution in [3.63, 3.8) is 0 Å². The zero-order chi connectivity index (χ0) is 20.1. The average molecular weight is 382 g/mol. The van der Waals surface area contributed by atoms with Gasteiger partial charge in [0.15, 0.2) is 5.82 Å². The quantitative estimate of drug-likeness (QED) is 0.470. The summed E-state index contributed by atoms with van der Waals surface area (Å²) in [5.41, 5.74) is 1.53. The minimum absolute atomic E-state index is 0.0680. The summed E-state index contributed by atoms with van der Waals surface area (Å²) in [7, 11) is 0. The molecule has 1 heterocycles. The summed E-state index contributed by atoms with van der Waals surface area (Å²) in [4.78, 5) is 24.1. The summed E-state index contributed by atoms with van der Waals surface area (Å²) in [6.45, 7) is 1.58. The molecule has 10 nitrogen and oxygen atoms in total. The van der Waals surface area contributed by atoms with Gasteiger partial charge in [0.2, 0.25) is 0 Å². The molecule has 3 aromatic rings. The highest BCUT2D eigenvalue weighted by atomic mass is 16.3. The van der Waals surface area contributed by atoms with Crippen molar-refractivity contribution in [1.82, 2.24) is 25.5 Å². The van der Waals surface area contributed by atoms with Crippen molar-refractivity contribution in [1.29, 1.82) is 0 Å². The number of carbonyl (C=O) groups is 2. The SMILES string of the molecule is Cc1nnnn1-c1cccc(NC(=O)C(=O)NCC(O)c2ccc(O)cc2)c1. The minimum atomic E-state index is -1.01. The summed E-state index contributed by atoms with van der Waals surface area (Å²) in [6, 6.07) is 12.6. The molecule has 1 unspecified atom stereocenters. The lowest BCUT2D eigenvalue weighted by Gasteiger charge is -2.12. The van der Waals surface area contributed by atoms with E-state index in [2.05, 4.69) is 26.2 Å². The van der Waals surface area contributed by atoms with E-state index in [0.717, 1.165) is 0 Å². The van der Waals surface area contributed by atoms with E-state index in [1.54, 1.807) is 31.2 Å². The fraction of sp³-hybridized carbons (Fsp3) is 0.167. The summed E-state index contributed by atoms with van der Waals surface area (Å²) in [5, 5.41) is 35.4. The van der Waals surface area contributed by atoms with E-state index in [1.165, 1.54) is 28.9 Å². The predicted molar refractivity (Wildman–Crippen MR) is 98.6 cm³/mol. The summed E-state index contributed by atoms with van der Waals surface area (Å²) < 4.78 is 1.49. The van der Waals surface area contributed by atoms with Gasteiger partial charge in [-0.2, -0.15) is 4.68 Å². The topological polar surface area (TPSA) is 142 Å². The first-order valence-corrected chi connectivity index (χ1v) is 8.35. The third-order valence-corrected chi connectivity index (χ3v) is 3.91. The van der Waals surface area contributed by atoms with Crippen LogP contribution in [0.25, 0.3) is 5.69 Å². The highest BCUT2D eigenvalue weighted by Crippen LogP contribution is 2.16. The van der Waals surface area contributed by atoms with Gasteiger partial charge >= 0.3 is 11.8 Å². The molecule has 144 valence electrons. The summed E-state index contributed by atoms with van der Waals surface area (Å²) >= 11 is 0. The van der Waals surface area contributed by atoms with Crippen LogP contribution in [0, 0.1) is 6.92 Å². The number of nitrogens with zero attached hydrogens (tertiary/aromatic N) is 4. The molecule has 0 spiro atoms. The Labute approximate surface area is 159 Å². The lowest BCUT2D eigenvalue weighted by molar-refractivity contribution is -0.136. The Morgan fingerprint density at radius 2 is 1.89 bits per heavy atom. The number of phenolic OH excluding ortho intramolecular Hbond substituents is 1. The molecule has 28 heavy (non-hydrogen) atoms. The molecule has 1 atom stereocenters. The van der Waals surface area contributed by atoms with Crippen LogP contribution in [-0.4, -0.2) is 48.8 Å². The van der Waals surface area contributed by atoms with Crippen molar-refractivity contribution in [2.24, 2.45) is 0 Å². The van der Waals surface area contributed by atoms with Crippen LogP contribution >= 0.6 is 0 Å². The third kappa shape index (κ3) is 4.48. The monoisotopic (exact) mass is 382 g/mol. The number of rotatable bonds is 5. The molecule has 10 heteroatoms. The largest absolute Gasteiger partial charge is 0.508 e. The molecule has 2 aromatic carbocycles. The second-order valence-electron chi connectivity index (χ2n) is 5.96. The van der Waals surface area contributed by atoms with Crippen molar-refractivity contribution in [2.75, 3.05) is 11.9 Å². The normalized spacial score (nSPS) is 11.6. The number of anilines is 1. The zero-order valence-corrected chi connectivity index (χ0v) is 14.9. The smallest absolute Gasteiger partial charge is 0.313 e. The lowest BCUT2D eigenvalue weighted by atomic mass is 10.1. The molecule has 0 saturated heterocycles. The lowest BCUT2D eigenvalue weighted by Crippen LogP contribution is -2.37. The summed E-state index contributed by atoms with van der Waals surface area (Å²) in [5.74, 6) is -1.12. The van der Waals surface area contributed by atoms with Crippen molar-refractivity contribution >= 4 is 17.5 Å². The van der Waals surface area contributed by atoms with Gasteiger partial charge in [-0.25, -0.2) is 0 Å². The Hall–Kier alpha value is -3.79. The van der Waals surface area contributed by atoms with E-state index < -0.39 is 17.9 Å². The number of aliphatic hydroxyl groups excluding tert-OH is 1. The van der Waals surface area contributed by atoms with Crippen molar-refractivity contribution < 1.29 is 19.8 Å². The molecule has 0 aliphatic carbocycles. The van der Waals surface area contributed by atoms with Crippen molar-refractivity contribution in [2.45, 2.75) is 13.0 Å². The number of benzene rings is 2. The maximum atomic E-state index is 12.1. The van der Waals surface area contributed by atoms with Gasteiger partial charge in [-0.1, -0.05) is 18.2 Å². The molecule has 3 rings (SSSR count). The first-order valence-electron chi connectivity index (χ1n) is 8.35. The van der Waals surface area contributed by atoms with Gasteiger partial charge in [0, 0.05) is 12.2 Å². The van der Waals surface area contributed by atoms with Crippen LogP contribution in [0.4, 0.5) is 5.69 Å². The Bertz CT molecular complexity index is 986. The van der Waals surface area contributed by atoms with Gasteiger partial charge in [-0.3, -0.25) is 9.59 Å². The molecule has 0 aliphatic heterocycles. The fourth-order valence-corrected chi connectivity index (χ4v) is 2.46. The maximum absolute atomic E-state index is 12.1. The molecule has 1 aromatic heterocycles. The molecule has 0 radical (unpaired) electrons. The van der Waals surface area contributed by atoms with E-state index in [9.17, 15) is 19.8 Å². The van der Waals surface area contributed by atoms with Crippen LogP contribution in [0.5, 0.6) is 5.75 Å². The number of aliphatic hydroxyl groups is 1. The minimum Gasteiger partial charge on any atom is -0.508 e. The Morgan fingerprint density at radius 3 is 2.57 bits per heavy atom.